The molecule has 1 amide bonds. The summed E-state index contributed by atoms with van der Waals surface area (Å²) >= 11 is 0. The van der Waals surface area contributed by atoms with E-state index < -0.39 is 42.5 Å². The number of halogens is 3. The molecule has 0 radical (unpaired) electrons. The molecular formula is C29H36F3NO5. The van der Waals surface area contributed by atoms with Crippen LogP contribution in [0.4, 0.5) is 13.2 Å². The van der Waals surface area contributed by atoms with Gasteiger partial charge in [0.05, 0.1) is 32.0 Å². The van der Waals surface area contributed by atoms with Gasteiger partial charge in [-0.2, -0.15) is 13.2 Å². The van der Waals surface area contributed by atoms with Crippen molar-refractivity contribution in [3.63, 3.8) is 0 Å². The molecule has 1 heterocycles. The number of unbranched alkanes of at least 4 members (excludes halogenated alkanes) is 2. The second-order valence-corrected chi connectivity index (χ2v) is 9.32. The van der Waals surface area contributed by atoms with Crippen LogP contribution in [0, 0.1) is 5.92 Å². The fourth-order valence-corrected chi connectivity index (χ4v) is 4.32. The normalized spacial score (nSPS) is 23.6. The number of rotatable bonds is 14. The van der Waals surface area contributed by atoms with Crippen LogP contribution in [-0.4, -0.2) is 49.8 Å². The zero-order valence-electron chi connectivity index (χ0n) is 21.6. The first-order chi connectivity index (χ1) is 18.3. The van der Waals surface area contributed by atoms with Gasteiger partial charge in [0.25, 0.3) is 0 Å². The summed E-state index contributed by atoms with van der Waals surface area (Å²) in [6.07, 6.45) is -3.35. The number of hydrogen-bond acceptors (Lipinski definition) is 5. The molecule has 6 nitrogen and oxygen atoms in total. The standard InChI is InChI=1S/C29H36F3NO5/c1-3-4-5-12-17-36-27-25(33-28(34)29(30,31)32)21(2)26(37-19-23-15-10-7-11-16-23)24(38-27)20-35-18-22-13-8-6-9-14-22/h3,6-11,13-16,21,24-27H,1,4-5,12,17-20H2,2H3,(H,33,34)/t21-,24?,25?,26-,27-/m1/s1. The zero-order valence-corrected chi connectivity index (χ0v) is 21.6. The SMILES string of the molecule is C=CCCCCO[C@@H]1OC(COCc2ccccc2)[C@H](OCc2ccccc2)[C@H](C)C1NC(=O)C(F)(F)F. The summed E-state index contributed by atoms with van der Waals surface area (Å²) in [7, 11) is 0. The van der Waals surface area contributed by atoms with E-state index in [0.29, 0.717) is 13.0 Å². The van der Waals surface area contributed by atoms with E-state index in [1.54, 1.807) is 13.0 Å². The van der Waals surface area contributed by atoms with Crippen LogP contribution in [0.1, 0.15) is 37.3 Å². The van der Waals surface area contributed by atoms with Gasteiger partial charge in [-0.1, -0.05) is 73.7 Å². The van der Waals surface area contributed by atoms with E-state index in [1.807, 2.05) is 60.7 Å². The molecule has 0 bridgehead atoms. The summed E-state index contributed by atoms with van der Waals surface area (Å²) in [5.41, 5.74) is 1.88. The van der Waals surface area contributed by atoms with Crippen molar-refractivity contribution in [3.8, 4) is 0 Å². The summed E-state index contributed by atoms with van der Waals surface area (Å²) in [4.78, 5) is 11.9. The van der Waals surface area contributed by atoms with Crippen LogP contribution in [0.3, 0.4) is 0 Å². The minimum Gasteiger partial charge on any atom is -0.374 e. The third kappa shape index (κ3) is 9.23. The van der Waals surface area contributed by atoms with Crippen molar-refractivity contribution in [1.82, 2.24) is 5.32 Å². The largest absolute Gasteiger partial charge is 0.471 e. The molecule has 1 N–H and O–H groups in total. The van der Waals surface area contributed by atoms with Crippen LogP contribution in [0.5, 0.6) is 0 Å². The van der Waals surface area contributed by atoms with Gasteiger partial charge < -0.3 is 24.3 Å². The van der Waals surface area contributed by atoms with Crippen molar-refractivity contribution < 1.29 is 36.9 Å². The second-order valence-electron chi connectivity index (χ2n) is 9.32. The lowest BCUT2D eigenvalue weighted by Crippen LogP contribution is -2.63. The quantitative estimate of drug-likeness (QED) is 0.253. The van der Waals surface area contributed by atoms with Crippen molar-refractivity contribution in [3.05, 3.63) is 84.4 Å². The number of hydrogen-bond donors (Lipinski definition) is 1. The lowest BCUT2D eigenvalue weighted by molar-refractivity contribution is -0.271. The summed E-state index contributed by atoms with van der Waals surface area (Å²) in [6.45, 7) is 6.37. The van der Waals surface area contributed by atoms with E-state index >= 15 is 0 Å². The number of amides is 1. The molecule has 1 aliphatic rings. The first-order valence-electron chi connectivity index (χ1n) is 12.8. The van der Waals surface area contributed by atoms with Gasteiger partial charge in [0.2, 0.25) is 0 Å². The highest BCUT2D eigenvalue weighted by molar-refractivity contribution is 5.82. The topological polar surface area (TPSA) is 66.0 Å². The minimum atomic E-state index is -5.04. The van der Waals surface area contributed by atoms with Crippen LogP contribution < -0.4 is 5.32 Å². The van der Waals surface area contributed by atoms with E-state index in [-0.39, 0.29) is 19.8 Å². The van der Waals surface area contributed by atoms with Crippen LogP contribution in [0.2, 0.25) is 0 Å². The van der Waals surface area contributed by atoms with E-state index in [0.717, 1.165) is 24.0 Å². The Balaban J connectivity index is 1.76. The lowest BCUT2D eigenvalue weighted by atomic mass is 9.88. The van der Waals surface area contributed by atoms with E-state index in [9.17, 15) is 18.0 Å². The minimum absolute atomic E-state index is 0.134. The Morgan fingerprint density at radius 1 is 1.00 bits per heavy atom. The van der Waals surface area contributed by atoms with Crippen molar-refractivity contribution in [2.45, 2.75) is 70.1 Å². The van der Waals surface area contributed by atoms with Gasteiger partial charge in [-0.15, -0.1) is 6.58 Å². The first kappa shape index (κ1) is 29.8. The molecule has 3 rings (SSSR count). The molecule has 1 saturated heterocycles. The summed E-state index contributed by atoms with van der Waals surface area (Å²) < 4.78 is 63.7. The molecule has 0 aliphatic carbocycles. The average Bonchev–Trinajstić information content (AvgIpc) is 2.90. The molecule has 0 spiro atoms. The van der Waals surface area contributed by atoms with Gasteiger partial charge in [0.1, 0.15) is 6.10 Å². The monoisotopic (exact) mass is 535 g/mol. The molecule has 1 fully saturated rings. The van der Waals surface area contributed by atoms with Gasteiger partial charge in [-0.3, -0.25) is 4.79 Å². The molecule has 2 aromatic carbocycles. The molecule has 2 aromatic rings. The van der Waals surface area contributed by atoms with Crippen LogP contribution in [0.15, 0.2) is 73.3 Å². The molecule has 0 saturated carbocycles. The number of carbonyl (C=O) groups is 1. The summed E-state index contributed by atoms with van der Waals surface area (Å²) in [5.74, 6) is -2.61. The summed E-state index contributed by atoms with van der Waals surface area (Å²) in [5, 5.41) is 2.09. The average molecular weight is 536 g/mol. The zero-order chi connectivity index (χ0) is 27.4. The molecule has 2 unspecified atom stereocenters. The fourth-order valence-electron chi connectivity index (χ4n) is 4.32. The van der Waals surface area contributed by atoms with E-state index in [4.69, 9.17) is 18.9 Å². The Morgan fingerprint density at radius 3 is 2.24 bits per heavy atom. The predicted octanol–water partition coefficient (Wildman–Crippen LogP) is 5.57. The Kier molecular flexibility index (Phi) is 11.8. The number of alkyl halides is 3. The Morgan fingerprint density at radius 2 is 1.63 bits per heavy atom. The first-order valence-corrected chi connectivity index (χ1v) is 12.8. The van der Waals surface area contributed by atoms with Crippen molar-refractivity contribution >= 4 is 5.91 Å². The maximum Gasteiger partial charge on any atom is 0.471 e. The number of nitrogens with one attached hydrogen (secondary N) is 1. The molecular weight excluding hydrogens is 499 g/mol. The third-order valence-electron chi connectivity index (χ3n) is 6.37. The molecule has 9 heteroatoms. The Hall–Kier alpha value is -2.72. The van der Waals surface area contributed by atoms with Gasteiger partial charge >= 0.3 is 12.1 Å². The highest BCUT2D eigenvalue weighted by Gasteiger charge is 2.49. The number of benzene rings is 2. The van der Waals surface area contributed by atoms with Crippen LogP contribution >= 0.6 is 0 Å². The van der Waals surface area contributed by atoms with Crippen LogP contribution in [-0.2, 0) is 37.0 Å². The van der Waals surface area contributed by atoms with Crippen molar-refractivity contribution in [1.29, 1.82) is 0 Å². The van der Waals surface area contributed by atoms with Gasteiger partial charge in [-0.25, -0.2) is 0 Å². The second kappa shape index (κ2) is 15.0. The Labute approximate surface area is 222 Å². The van der Waals surface area contributed by atoms with Crippen LogP contribution in [0.25, 0.3) is 0 Å². The van der Waals surface area contributed by atoms with Crippen molar-refractivity contribution in [2.75, 3.05) is 13.2 Å². The molecule has 5 atom stereocenters. The molecule has 1 aliphatic heterocycles. The molecule has 0 aromatic heterocycles. The molecule has 38 heavy (non-hydrogen) atoms. The number of ether oxygens (including phenoxy) is 4. The number of allylic oxidation sites excluding steroid dienone is 1. The third-order valence-corrected chi connectivity index (χ3v) is 6.37. The van der Waals surface area contributed by atoms with Crippen molar-refractivity contribution in [2.24, 2.45) is 5.92 Å². The van der Waals surface area contributed by atoms with E-state index in [2.05, 4.69) is 11.9 Å². The maximum absolute atomic E-state index is 13.2. The van der Waals surface area contributed by atoms with E-state index in [1.165, 1.54) is 0 Å². The number of carbonyl (C=O) groups excluding carboxylic acids is 1. The lowest BCUT2D eigenvalue weighted by Gasteiger charge is -2.45. The maximum atomic E-state index is 13.2. The van der Waals surface area contributed by atoms with Gasteiger partial charge in [-0.05, 0) is 30.4 Å². The highest BCUT2D eigenvalue weighted by atomic mass is 19.4. The van der Waals surface area contributed by atoms with Gasteiger partial charge in [0.15, 0.2) is 6.29 Å². The molecule has 208 valence electrons. The highest BCUT2D eigenvalue weighted by Crippen LogP contribution is 2.31. The fraction of sp³-hybridized carbons (Fsp3) is 0.483. The summed E-state index contributed by atoms with van der Waals surface area (Å²) in [6, 6.07) is 18.0. The smallest absolute Gasteiger partial charge is 0.374 e. The Bertz CT molecular complexity index is 973. The van der Waals surface area contributed by atoms with Gasteiger partial charge in [0, 0.05) is 12.5 Å². The predicted molar refractivity (Wildman–Crippen MR) is 137 cm³/mol.